The topological polar surface area (TPSA) is 101 Å². The van der Waals surface area contributed by atoms with Crippen LogP contribution in [0.4, 0.5) is 0 Å². The van der Waals surface area contributed by atoms with Gasteiger partial charge in [0.05, 0.1) is 11.5 Å². The van der Waals surface area contributed by atoms with Crippen LogP contribution in [0, 0.1) is 0 Å². The molecular weight excluding hydrogens is 230 g/mol. The average Bonchev–Trinajstić information content (AvgIpc) is 2.16. The molecule has 1 aliphatic rings. The van der Waals surface area contributed by atoms with E-state index in [2.05, 4.69) is 10.6 Å². The van der Waals surface area contributed by atoms with Gasteiger partial charge >= 0.3 is 0 Å². The second kappa shape index (κ2) is 6.17. The summed E-state index contributed by atoms with van der Waals surface area (Å²) in [4.78, 5) is 11.4. The van der Waals surface area contributed by atoms with Gasteiger partial charge < -0.3 is 16.4 Å². The lowest BCUT2D eigenvalue weighted by Gasteiger charge is -2.23. The molecule has 0 bridgehead atoms. The van der Waals surface area contributed by atoms with Crippen LogP contribution >= 0.6 is 0 Å². The lowest BCUT2D eigenvalue weighted by molar-refractivity contribution is -0.121. The summed E-state index contributed by atoms with van der Waals surface area (Å²) in [5.41, 5.74) is 5.29. The first kappa shape index (κ1) is 13.4. The number of sulfone groups is 1. The molecule has 0 saturated carbocycles. The fourth-order valence-electron chi connectivity index (χ4n) is 1.62. The highest BCUT2D eigenvalue weighted by Gasteiger charge is 2.25. The molecule has 1 saturated heterocycles. The number of hydrogen-bond donors (Lipinski definition) is 3. The summed E-state index contributed by atoms with van der Waals surface area (Å²) < 4.78 is 22.6. The Bertz CT molecular complexity index is 329. The zero-order valence-electron chi connectivity index (χ0n) is 9.24. The fraction of sp³-hybridized carbons (Fsp3) is 0.889. The van der Waals surface area contributed by atoms with E-state index in [0.29, 0.717) is 19.6 Å². The fourth-order valence-corrected chi connectivity index (χ4v) is 3.07. The van der Waals surface area contributed by atoms with Gasteiger partial charge in [0.1, 0.15) is 0 Å². The third-order valence-electron chi connectivity index (χ3n) is 2.44. The highest BCUT2D eigenvalue weighted by molar-refractivity contribution is 7.91. The van der Waals surface area contributed by atoms with Gasteiger partial charge in [-0.05, 0) is 13.0 Å². The Balaban J connectivity index is 2.28. The van der Waals surface area contributed by atoms with Gasteiger partial charge in [-0.15, -0.1) is 0 Å². The highest BCUT2D eigenvalue weighted by atomic mass is 32.2. The third-order valence-corrected chi connectivity index (χ3v) is 4.17. The minimum atomic E-state index is -2.97. The molecule has 7 heteroatoms. The third kappa shape index (κ3) is 4.91. The lowest BCUT2D eigenvalue weighted by Crippen LogP contribution is -2.47. The van der Waals surface area contributed by atoms with E-state index < -0.39 is 9.84 Å². The van der Waals surface area contributed by atoms with Crippen molar-refractivity contribution < 1.29 is 13.2 Å². The van der Waals surface area contributed by atoms with Crippen molar-refractivity contribution in [1.82, 2.24) is 10.6 Å². The van der Waals surface area contributed by atoms with Crippen LogP contribution in [0.15, 0.2) is 0 Å². The molecular formula is C9H19N3O3S. The smallest absolute Gasteiger partial charge is 0.221 e. The van der Waals surface area contributed by atoms with Gasteiger partial charge in [-0.25, -0.2) is 8.42 Å². The molecule has 4 N–H and O–H groups in total. The molecule has 1 fully saturated rings. The molecule has 0 aliphatic carbocycles. The second-order valence-corrected chi connectivity index (χ2v) is 6.19. The van der Waals surface area contributed by atoms with Crippen LogP contribution in [-0.2, 0) is 14.6 Å². The molecule has 0 spiro atoms. The van der Waals surface area contributed by atoms with Crippen LogP contribution in [0.1, 0.15) is 12.8 Å². The van der Waals surface area contributed by atoms with Crippen LogP contribution in [0.2, 0.25) is 0 Å². The monoisotopic (exact) mass is 249 g/mol. The minimum absolute atomic E-state index is 0.0529. The van der Waals surface area contributed by atoms with E-state index in [-0.39, 0.29) is 29.9 Å². The predicted molar refractivity (Wildman–Crippen MR) is 61.7 cm³/mol. The Kier molecular flexibility index (Phi) is 5.17. The summed E-state index contributed by atoms with van der Waals surface area (Å²) in [6.07, 6.45) is 0.950. The van der Waals surface area contributed by atoms with Crippen molar-refractivity contribution in [2.45, 2.75) is 18.9 Å². The zero-order valence-corrected chi connectivity index (χ0v) is 10.1. The summed E-state index contributed by atoms with van der Waals surface area (Å²) in [5, 5.41) is 5.74. The van der Waals surface area contributed by atoms with Crippen LogP contribution in [0.5, 0.6) is 0 Å². The van der Waals surface area contributed by atoms with Crippen LogP contribution in [0.25, 0.3) is 0 Å². The summed E-state index contributed by atoms with van der Waals surface area (Å²) in [7, 11) is -2.97. The molecule has 1 heterocycles. The maximum atomic E-state index is 11.4. The van der Waals surface area contributed by atoms with E-state index in [0.717, 1.165) is 6.42 Å². The molecule has 1 unspecified atom stereocenters. The number of carbonyl (C=O) groups is 1. The van der Waals surface area contributed by atoms with Crippen LogP contribution in [-0.4, -0.2) is 51.5 Å². The van der Waals surface area contributed by atoms with Crippen molar-refractivity contribution in [1.29, 1.82) is 0 Å². The zero-order chi connectivity index (χ0) is 12.0. The van der Waals surface area contributed by atoms with Gasteiger partial charge in [0.25, 0.3) is 0 Å². The molecule has 0 aromatic carbocycles. The SMILES string of the molecule is NCCCNC(=O)CC1CS(=O)(=O)CCN1. The molecule has 1 amide bonds. The summed E-state index contributed by atoms with van der Waals surface area (Å²) in [6.45, 7) is 1.52. The van der Waals surface area contributed by atoms with E-state index in [1.165, 1.54) is 0 Å². The predicted octanol–water partition coefficient (Wildman–Crippen LogP) is -1.77. The summed E-state index contributed by atoms with van der Waals surface area (Å²) in [6, 6.07) is -0.253. The molecule has 1 aliphatic heterocycles. The van der Waals surface area contributed by atoms with Crippen molar-refractivity contribution >= 4 is 15.7 Å². The van der Waals surface area contributed by atoms with Crippen LogP contribution < -0.4 is 16.4 Å². The standard InChI is InChI=1S/C9H19N3O3S/c10-2-1-3-12-9(13)6-8-7-16(14,15)5-4-11-8/h8,11H,1-7,10H2,(H,12,13). The number of rotatable bonds is 5. The first-order valence-electron chi connectivity index (χ1n) is 5.44. The summed E-state index contributed by atoms with van der Waals surface area (Å²) in [5.74, 6) is 0.0957. The Morgan fingerprint density at radius 2 is 2.25 bits per heavy atom. The van der Waals surface area contributed by atoms with Gasteiger partial charge in [-0.2, -0.15) is 0 Å². The quantitative estimate of drug-likeness (QED) is 0.500. The second-order valence-electron chi connectivity index (χ2n) is 3.96. The first-order valence-corrected chi connectivity index (χ1v) is 7.26. The van der Waals surface area contributed by atoms with E-state index >= 15 is 0 Å². The van der Waals surface area contributed by atoms with Crippen molar-refractivity contribution in [3.05, 3.63) is 0 Å². The molecule has 1 atom stereocenters. The van der Waals surface area contributed by atoms with Gasteiger partial charge in [0, 0.05) is 25.6 Å². The summed E-state index contributed by atoms with van der Waals surface area (Å²) >= 11 is 0. The van der Waals surface area contributed by atoms with Crippen molar-refractivity contribution in [3.63, 3.8) is 0 Å². The number of nitrogens with one attached hydrogen (secondary N) is 2. The average molecular weight is 249 g/mol. The molecule has 0 aromatic rings. The number of carbonyl (C=O) groups excluding carboxylic acids is 1. The highest BCUT2D eigenvalue weighted by Crippen LogP contribution is 2.04. The lowest BCUT2D eigenvalue weighted by atomic mass is 10.2. The molecule has 0 radical (unpaired) electrons. The minimum Gasteiger partial charge on any atom is -0.356 e. The van der Waals surface area contributed by atoms with Crippen LogP contribution in [0.3, 0.4) is 0 Å². The maximum Gasteiger partial charge on any atom is 0.221 e. The Morgan fingerprint density at radius 3 is 2.88 bits per heavy atom. The van der Waals surface area contributed by atoms with E-state index in [4.69, 9.17) is 5.73 Å². The first-order chi connectivity index (χ1) is 7.53. The molecule has 6 nitrogen and oxygen atoms in total. The normalized spacial score (nSPS) is 23.9. The largest absolute Gasteiger partial charge is 0.356 e. The maximum absolute atomic E-state index is 11.4. The van der Waals surface area contributed by atoms with Gasteiger partial charge in [0.2, 0.25) is 5.91 Å². The van der Waals surface area contributed by atoms with E-state index in [1.807, 2.05) is 0 Å². The molecule has 94 valence electrons. The van der Waals surface area contributed by atoms with E-state index in [9.17, 15) is 13.2 Å². The molecule has 16 heavy (non-hydrogen) atoms. The number of nitrogens with two attached hydrogens (primary N) is 1. The van der Waals surface area contributed by atoms with E-state index in [1.54, 1.807) is 0 Å². The Morgan fingerprint density at radius 1 is 1.50 bits per heavy atom. The van der Waals surface area contributed by atoms with Gasteiger partial charge in [0.15, 0.2) is 9.84 Å². The molecule has 0 aromatic heterocycles. The number of amides is 1. The Labute approximate surface area is 95.9 Å². The van der Waals surface area contributed by atoms with Crippen molar-refractivity contribution in [3.8, 4) is 0 Å². The number of hydrogen-bond acceptors (Lipinski definition) is 5. The molecule has 1 rings (SSSR count). The van der Waals surface area contributed by atoms with Crippen molar-refractivity contribution in [2.24, 2.45) is 5.73 Å². The van der Waals surface area contributed by atoms with Crippen molar-refractivity contribution in [2.75, 3.05) is 31.1 Å². The Hall–Kier alpha value is -0.660. The van der Waals surface area contributed by atoms with Gasteiger partial charge in [-0.1, -0.05) is 0 Å². The van der Waals surface area contributed by atoms with Gasteiger partial charge in [-0.3, -0.25) is 4.79 Å².